The normalized spacial score (nSPS) is 42.9. The molecule has 7 aliphatic heterocycles. The summed E-state index contributed by atoms with van der Waals surface area (Å²) in [5.74, 6) is -0.175. The van der Waals surface area contributed by atoms with E-state index in [-0.39, 0.29) is 56.0 Å². The maximum Gasteiger partial charge on any atom is 0.315 e. The molecule has 7 rings (SSSR count). The molecule has 0 radical (unpaired) electrons. The van der Waals surface area contributed by atoms with Crippen molar-refractivity contribution >= 4 is 35.5 Å². The number of carbonyl (C=O) groups excluding carboxylic acids is 4. The summed E-state index contributed by atoms with van der Waals surface area (Å²) in [6.45, 7) is -3.05. The standard InChI is InChI=1S/C50H85N5O29S/c1-19(61)53-30-42(32(65)22(14-57)76-45(30)75-12-6-2-3-8-27(62)51-10-11-52-28(63)9-5-4-7-26-29-20(18-85-26)54-50(74)55-29)82-48-39(72)44(34(67)23(15-58)78-48)84-49-40(73)43(33(66)24(16-59)79-49)83-47-38(71)36(69)41(25(17-60)80-47)81-46-37(70)35(68)31(64)21(13-56)77-46/h20-26,29-49,56-60,64-73H,2-18H2,1H3,(H,51,62)(H,52,63)(H,53,61)(H2,54,55,74)/t20-,21+,22+,23+,24+,25+,26-,29-,30+,31-,32-,33-,34-,35-,36+,37+,38+,39+,40+,41-,42+,43-,44-,45-,46+,47-,48-,49-/m0/s1. The molecule has 85 heavy (non-hydrogen) atoms. The Labute approximate surface area is 491 Å². The minimum absolute atomic E-state index is 0.0339. The maximum atomic E-state index is 12.6. The number of ether oxygens (including phenoxy) is 10. The second-order valence-corrected chi connectivity index (χ2v) is 23.2. The molecule has 490 valence electrons. The highest BCUT2D eigenvalue weighted by molar-refractivity contribution is 8.00. The van der Waals surface area contributed by atoms with E-state index in [0.717, 1.165) is 25.5 Å². The van der Waals surface area contributed by atoms with Crippen molar-refractivity contribution in [1.29, 1.82) is 0 Å². The summed E-state index contributed by atoms with van der Waals surface area (Å²) in [6, 6.07) is -1.29. The van der Waals surface area contributed by atoms with E-state index < -0.39 is 192 Å². The van der Waals surface area contributed by atoms with E-state index in [1.807, 2.05) is 11.8 Å². The molecule has 35 heteroatoms. The van der Waals surface area contributed by atoms with Crippen molar-refractivity contribution in [3.05, 3.63) is 0 Å². The van der Waals surface area contributed by atoms with Gasteiger partial charge in [-0.1, -0.05) is 12.8 Å². The zero-order valence-corrected chi connectivity index (χ0v) is 47.3. The van der Waals surface area contributed by atoms with Gasteiger partial charge < -0.3 is 151 Å². The summed E-state index contributed by atoms with van der Waals surface area (Å²) in [6.07, 6.45) is -40.6. The zero-order valence-electron chi connectivity index (χ0n) is 46.5. The third-order valence-corrected chi connectivity index (χ3v) is 17.4. The largest absolute Gasteiger partial charge is 0.394 e. The predicted molar refractivity (Wildman–Crippen MR) is 280 cm³/mol. The molecule has 0 aliphatic carbocycles. The number of urea groups is 1. The first-order valence-electron chi connectivity index (χ1n) is 28.5. The number of unbranched alkanes of at least 4 members (excludes halogenated alkanes) is 3. The van der Waals surface area contributed by atoms with Gasteiger partial charge in [-0.3, -0.25) is 14.4 Å². The Kier molecular flexibility index (Phi) is 26.7. The molecule has 0 aromatic carbocycles. The molecular formula is C50H85N5O29S. The summed E-state index contributed by atoms with van der Waals surface area (Å²) < 4.78 is 57.4. The van der Waals surface area contributed by atoms with Crippen LogP contribution >= 0.6 is 11.8 Å². The fourth-order valence-electron chi connectivity index (χ4n) is 11.2. The van der Waals surface area contributed by atoms with Gasteiger partial charge in [-0.25, -0.2) is 4.79 Å². The van der Waals surface area contributed by atoms with E-state index in [0.29, 0.717) is 37.4 Å². The first kappa shape index (κ1) is 69.5. The van der Waals surface area contributed by atoms with Crippen LogP contribution in [-0.4, -0.2) is 330 Å². The predicted octanol–water partition coefficient (Wildman–Crippen LogP) is -10.2. The molecule has 7 aliphatic rings. The fourth-order valence-corrected chi connectivity index (χ4v) is 12.7. The van der Waals surface area contributed by atoms with Crippen molar-refractivity contribution in [3.63, 3.8) is 0 Å². The SMILES string of the molecule is CC(=O)N[C@H]1[C@@H](OCCCCCC(=O)NCCNC(=O)CCCC[C@@H]2SC[C@@H]3NC(=O)N[C@@H]32)O[C@H](CO)[C@H](O)[C@@H]1O[C@@H]1O[C@H](CO)[C@H](O)[C@H](O[C@@H]2O[C@H](CO)[C@H](O)[C@H](O[C@@H]3O[C@H](CO)[C@H](O[C@H]4O[C@H](CO)[C@H](O)[C@H](O)[C@H]4O)[C@H](O)[C@H]3O)[C@H]2O)[C@H]1O. The van der Waals surface area contributed by atoms with Gasteiger partial charge in [0, 0.05) is 50.5 Å². The molecule has 28 atom stereocenters. The summed E-state index contributed by atoms with van der Waals surface area (Å²) in [5.41, 5.74) is 0. The van der Waals surface area contributed by atoms with E-state index in [2.05, 4.69) is 26.6 Å². The number of carbonyl (C=O) groups is 4. The number of fused-ring (bicyclic) bond motifs is 1. The number of rotatable bonds is 29. The van der Waals surface area contributed by atoms with Gasteiger partial charge in [-0.05, 0) is 25.7 Å². The lowest BCUT2D eigenvalue weighted by Crippen LogP contribution is -2.69. The summed E-state index contributed by atoms with van der Waals surface area (Å²) in [7, 11) is 0. The van der Waals surface area contributed by atoms with Gasteiger partial charge >= 0.3 is 6.03 Å². The molecule has 7 heterocycles. The van der Waals surface area contributed by atoms with Crippen molar-refractivity contribution in [2.45, 2.75) is 229 Å². The Morgan fingerprint density at radius 2 is 0.953 bits per heavy atom. The van der Waals surface area contributed by atoms with E-state index in [1.54, 1.807) is 0 Å². The first-order valence-corrected chi connectivity index (χ1v) is 29.5. The number of nitrogens with one attached hydrogen (secondary N) is 5. The molecule has 20 N–H and O–H groups in total. The topological polar surface area (TPSA) is 524 Å². The second-order valence-electron chi connectivity index (χ2n) is 21.9. The van der Waals surface area contributed by atoms with Gasteiger partial charge in [0.05, 0.1) is 45.1 Å². The van der Waals surface area contributed by atoms with E-state index in [9.17, 15) is 95.8 Å². The van der Waals surface area contributed by atoms with Crippen LogP contribution in [0.4, 0.5) is 4.79 Å². The van der Waals surface area contributed by atoms with Crippen LogP contribution in [0.3, 0.4) is 0 Å². The highest BCUT2D eigenvalue weighted by atomic mass is 32.2. The first-order chi connectivity index (χ1) is 40.6. The number of aliphatic hydroxyl groups is 15. The fraction of sp³-hybridized carbons (Fsp3) is 0.920. The third-order valence-electron chi connectivity index (χ3n) is 15.9. The number of thioether (sulfide) groups is 1. The molecule has 34 nitrogen and oxygen atoms in total. The highest BCUT2D eigenvalue weighted by Crippen LogP contribution is 2.37. The van der Waals surface area contributed by atoms with Gasteiger partial charge in [0.25, 0.3) is 0 Å². The van der Waals surface area contributed by atoms with E-state index >= 15 is 0 Å². The monoisotopic (exact) mass is 1250 g/mol. The quantitative estimate of drug-likeness (QED) is 0.0244. The summed E-state index contributed by atoms with van der Waals surface area (Å²) in [4.78, 5) is 49.1. The van der Waals surface area contributed by atoms with Gasteiger partial charge in [0.15, 0.2) is 31.5 Å². The average molecular weight is 1250 g/mol. The van der Waals surface area contributed by atoms with Crippen LogP contribution in [0.2, 0.25) is 0 Å². The molecule has 0 unspecified atom stereocenters. The van der Waals surface area contributed by atoms with E-state index in [1.165, 1.54) is 0 Å². The number of amides is 5. The van der Waals surface area contributed by atoms with Crippen LogP contribution < -0.4 is 26.6 Å². The lowest BCUT2D eigenvalue weighted by Gasteiger charge is -2.50. The highest BCUT2D eigenvalue weighted by Gasteiger charge is 2.57. The number of hydrogen-bond acceptors (Lipinski definition) is 30. The van der Waals surface area contributed by atoms with Crippen LogP contribution in [0.25, 0.3) is 0 Å². The molecule has 0 saturated carbocycles. The minimum atomic E-state index is -2.21. The molecule has 7 saturated heterocycles. The van der Waals surface area contributed by atoms with Gasteiger partial charge in [-0.15, -0.1) is 0 Å². The maximum absolute atomic E-state index is 12.6. The van der Waals surface area contributed by atoms with Crippen LogP contribution in [0.15, 0.2) is 0 Å². The molecule has 0 bridgehead atoms. The minimum Gasteiger partial charge on any atom is -0.394 e. The lowest BCUT2D eigenvalue weighted by atomic mass is 9.94. The summed E-state index contributed by atoms with van der Waals surface area (Å²) >= 11 is 1.82. The van der Waals surface area contributed by atoms with Crippen LogP contribution in [-0.2, 0) is 61.8 Å². The Morgan fingerprint density at radius 1 is 0.506 bits per heavy atom. The number of hydrogen-bond donors (Lipinski definition) is 20. The number of aliphatic hydroxyl groups excluding tert-OH is 15. The molecule has 7 fully saturated rings. The zero-order chi connectivity index (χ0) is 61.8. The third kappa shape index (κ3) is 17.3. The smallest absolute Gasteiger partial charge is 0.315 e. The van der Waals surface area contributed by atoms with Crippen molar-refractivity contribution < 1.29 is 143 Å². The van der Waals surface area contributed by atoms with Crippen LogP contribution in [0.5, 0.6) is 0 Å². The van der Waals surface area contributed by atoms with Crippen molar-refractivity contribution in [2.75, 3.05) is 58.5 Å². The lowest BCUT2D eigenvalue weighted by molar-refractivity contribution is -0.393. The molecular weight excluding hydrogens is 1170 g/mol. The van der Waals surface area contributed by atoms with Crippen LogP contribution in [0, 0.1) is 0 Å². The van der Waals surface area contributed by atoms with Crippen molar-refractivity contribution in [2.24, 2.45) is 0 Å². The van der Waals surface area contributed by atoms with Crippen LogP contribution in [0.1, 0.15) is 58.3 Å². The Morgan fingerprint density at radius 3 is 1.48 bits per heavy atom. The molecule has 0 spiro atoms. The van der Waals surface area contributed by atoms with Gasteiger partial charge in [0.2, 0.25) is 17.7 Å². The summed E-state index contributed by atoms with van der Waals surface area (Å²) in [5, 5.41) is 176. The van der Waals surface area contributed by atoms with Crippen molar-refractivity contribution in [3.8, 4) is 0 Å². The Balaban J connectivity index is 0.896. The second kappa shape index (κ2) is 32.7. The Bertz CT molecular complexity index is 2100. The molecule has 0 aromatic heterocycles. The van der Waals surface area contributed by atoms with Gasteiger partial charge in [0.1, 0.15) is 122 Å². The van der Waals surface area contributed by atoms with E-state index in [4.69, 9.17) is 47.4 Å². The molecule has 0 aromatic rings. The Hall–Kier alpha value is -2.97. The van der Waals surface area contributed by atoms with Crippen molar-refractivity contribution in [1.82, 2.24) is 26.6 Å². The average Bonchev–Trinajstić information content (AvgIpc) is 4.01. The molecule has 5 amide bonds. The van der Waals surface area contributed by atoms with Gasteiger partial charge in [-0.2, -0.15) is 11.8 Å².